The van der Waals surface area contributed by atoms with Crippen LogP contribution < -0.4 is 5.11 Å². The summed E-state index contributed by atoms with van der Waals surface area (Å²) in [7, 11) is 0. The summed E-state index contributed by atoms with van der Waals surface area (Å²) in [5, 5.41) is 10.4. The van der Waals surface area contributed by atoms with Crippen molar-refractivity contribution in [3.05, 3.63) is 22.7 Å². The van der Waals surface area contributed by atoms with E-state index in [2.05, 4.69) is 16.0 Å². The van der Waals surface area contributed by atoms with Crippen LogP contribution in [0.4, 0.5) is 0 Å². The van der Waals surface area contributed by atoms with Crippen molar-refractivity contribution in [2.75, 3.05) is 0 Å². The van der Waals surface area contributed by atoms with E-state index < -0.39 is 11.4 Å². The van der Waals surface area contributed by atoms with Gasteiger partial charge < -0.3 is 16.0 Å². The van der Waals surface area contributed by atoms with Gasteiger partial charge in [-0.15, -0.1) is 23.2 Å². The van der Waals surface area contributed by atoms with Gasteiger partial charge in [-0.25, -0.2) is 0 Å². The number of aromatic nitrogens is 2. The van der Waals surface area contributed by atoms with Gasteiger partial charge in [-0.3, -0.25) is 9.97 Å². The van der Waals surface area contributed by atoms with Crippen LogP contribution in [-0.2, 0) is 24.3 Å². The number of hydrogen-bond acceptors (Lipinski definition) is 4. The van der Waals surface area contributed by atoms with E-state index in [0.717, 1.165) is 0 Å². The van der Waals surface area contributed by atoms with Gasteiger partial charge in [0.15, 0.2) is 0 Å². The van der Waals surface area contributed by atoms with E-state index in [4.69, 9.17) is 23.2 Å². The predicted molar refractivity (Wildman–Crippen MR) is 55.4 cm³/mol. The summed E-state index contributed by atoms with van der Waals surface area (Å²) in [6.45, 7) is 4.80. The number of carbonyl (C=O) groups is 1. The summed E-state index contributed by atoms with van der Waals surface area (Å²) in [5.74, 6) is -1.01. The average molecular weight is 314 g/mol. The quantitative estimate of drug-likeness (QED) is 0.412. The largest absolute Gasteiger partial charge is 2.00 e. The average Bonchev–Trinajstić information content (AvgIpc) is 2.02. The molecule has 0 bridgehead atoms. The molecule has 84 valence electrons. The summed E-state index contributed by atoms with van der Waals surface area (Å²) < 4.78 is 0. The third-order valence-corrected chi connectivity index (χ3v) is 1.54. The third-order valence-electron chi connectivity index (χ3n) is 1.16. The second-order valence-corrected chi connectivity index (χ2v) is 4.33. The van der Waals surface area contributed by atoms with Crippen molar-refractivity contribution in [3.63, 3.8) is 0 Å². The topological polar surface area (TPSA) is 65.9 Å². The van der Waals surface area contributed by atoms with Crippen molar-refractivity contribution in [3.8, 4) is 0 Å². The molecule has 0 aliphatic heterocycles. The summed E-state index contributed by atoms with van der Waals surface area (Å²) >= 11 is 10.7. The van der Waals surface area contributed by atoms with Crippen LogP contribution in [0.1, 0.15) is 20.8 Å². The Morgan fingerprint density at radius 1 is 1.31 bits per heavy atom. The molecular weight excluding hydrogens is 304 g/mol. The molecule has 7 heteroatoms. The maximum Gasteiger partial charge on any atom is 2.00 e. The molecule has 0 spiro atoms. The maximum absolute atomic E-state index is 9.91. The number of carboxylic acid groups (broad SMARTS) is 1. The number of rotatable bonds is 0. The molecule has 0 N–H and O–H groups in total. The van der Waals surface area contributed by atoms with Gasteiger partial charge in [-0.2, -0.15) is 0 Å². The molecule has 0 radical (unpaired) electrons. The van der Waals surface area contributed by atoms with Crippen molar-refractivity contribution in [2.24, 2.45) is 5.41 Å². The second kappa shape index (κ2) is 7.94. The number of hydrogen-bond donors (Lipinski definition) is 0. The van der Waals surface area contributed by atoms with Crippen LogP contribution in [0.3, 0.4) is 0 Å². The Morgan fingerprint density at radius 3 is 1.75 bits per heavy atom. The van der Waals surface area contributed by atoms with Gasteiger partial charge in [-0.1, -0.05) is 20.8 Å². The fraction of sp³-hybridized carbons (Fsp3) is 0.444. The van der Waals surface area contributed by atoms with Gasteiger partial charge in [0.2, 0.25) is 0 Å². The molecule has 4 nitrogen and oxygen atoms in total. The molecule has 0 amide bonds. The van der Waals surface area contributed by atoms with E-state index in [1.165, 1.54) is 6.33 Å². The van der Waals surface area contributed by atoms with Crippen molar-refractivity contribution < 1.29 is 29.4 Å². The van der Waals surface area contributed by atoms with Crippen molar-refractivity contribution in [2.45, 2.75) is 20.8 Å². The van der Waals surface area contributed by atoms with E-state index in [0.29, 0.717) is 0 Å². The van der Waals surface area contributed by atoms with Crippen LogP contribution in [0.5, 0.6) is 0 Å². The zero-order valence-electron chi connectivity index (χ0n) is 9.25. The van der Waals surface area contributed by atoms with Crippen molar-refractivity contribution >= 4 is 29.2 Å². The molecule has 0 aliphatic rings. The minimum Gasteiger partial charge on any atom is -0.550 e. The van der Waals surface area contributed by atoms with E-state index in [-0.39, 0.29) is 29.8 Å². The maximum atomic E-state index is 9.91. The molecule has 0 aromatic carbocycles. The molecule has 0 fully saturated rings. The monoisotopic (exact) mass is 312 g/mol. The zero-order chi connectivity index (χ0) is 12.1. The molecule has 1 aromatic rings. The summed E-state index contributed by atoms with van der Waals surface area (Å²) in [4.78, 5) is 17.0. The Morgan fingerprint density at radius 2 is 1.62 bits per heavy atom. The Bertz CT molecular complexity index is 325. The summed E-state index contributed by atoms with van der Waals surface area (Å²) in [5.41, 5.74) is -0.694. The number of carboxylic acids is 1. The second-order valence-electron chi connectivity index (χ2n) is 3.62. The summed E-state index contributed by atoms with van der Waals surface area (Å²) in [6, 6.07) is 2.48. The number of aliphatic carboxylic acids is 1. The zero-order valence-corrected chi connectivity index (χ0v) is 13.7. The van der Waals surface area contributed by atoms with E-state index >= 15 is 0 Å². The van der Waals surface area contributed by atoms with Crippen molar-refractivity contribution in [1.29, 1.82) is 0 Å². The first-order chi connectivity index (χ1) is 6.73. The smallest absolute Gasteiger partial charge is 0.550 e. The van der Waals surface area contributed by atoms with Gasteiger partial charge in [0.05, 0.1) is 0 Å². The van der Waals surface area contributed by atoms with Crippen LogP contribution >= 0.6 is 23.2 Å². The molecular formula is C9H10Cl2N2O2Zn. The SMILES string of the molecule is CC(C)(C)C(=O)[O-].Clc1[c-]c(Cl)ncn1.[Zn+2]. The number of nitrogens with zero attached hydrogens (tertiary/aromatic N) is 2. The van der Waals surface area contributed by atoms with Crippen LogP contribution in [0.25, 0.3) is 0 Å². The van der Waals surface area contributed by atoms with Crippen LogP contribution in [0, 0.1) is 11.5 Å². The van der Waals surface area contributed by atoms with Crippen LogP contribution in [0.2, 0.25) is 10.3 Å². The first-order valence-corrected chi connectivity index (χ1v) is 4.76. The Labute approximate surface area is 117 Å². The van der Waals surface area contributed by atoms with E-state index in [1.54, 1.807) is 20.8 Å². The van der Waals surface area contributed by atoms with Gasteiger partial charge in [0.1, 0.15) is 6.33 Å². The van der Waals surface area contributed by atoms with Gasteiger partial charge in [-0.05, 0) is 10.3 Å². The molecule has 1 aromatic heterocycles. The molecule has 0 saturated heterocycles. The Hall–Kier alpha value is -0.247. The summed E-state index contributed by atoms with van der Waals surface area (Å²) in [6.07, 6.45) is 1.28. The predicted octanol–water partition coefficient (Wildman–Crippen LogP) is 1.36. The molecule has 0 aliphatic carbocycles. The molecule has 0 saturated carbocycles. The van der Waals surface area contributed by atoms with Crippen molar-refractivity contribution in [1.82, 2.24) is 9.97 Å². The van der Waals surface area contributed by atoms with E-state index in [1.807, 2.05) is 0 Å². The molecule has 1 heterocycles. The van der Waals surface area contributed by atoms with Gasteiger partial charge >= 0.3 is 19.5 Å². The number of carbonyl (C=O) groups excluding carboxylic acids is 1. The molecule has 0 atom stereocenters. The standard InChI is InChI=1S/C5H10O2.C4HCl2N2.Zn/c1-5(2,3)4(6)7;5-3-1-4(6)8-2-7-3;/h1-3H3,(H,6,7);2H;/q;-1;+2/p-1. The van der Waals surface area contributed by atoms with Gasteiger partial charge in [0, 0.05) is 11.4 Å². The Kier molecular flexibility index (Phi) is 8.99. The van der Waals surface area contributed by atoms with Crippen LogP contribution in [-0.4, -0.2) is 15.9 Å². The Balaban J connectivity index is 0. The number of halogens is 2. The molecule has 1 rings (SSSR count). The fourth-order valence-corrected chi connectivity index (χ4v) is 0.595. The van der Waals surface area contributed by atoms with Crippen LogP contribution in [0.15, 0.2) is 6.33 Å². The van der Waals surface area contributed by atoms with Gasteiger partial charge in [0.25, 0.3) is 0 Å². The minimum absolute atomic E-state index is 0. The van der Waals surface area contributed by atoms with E-state index in [9.17, 15) is 9.90 Å². The fourth-order valence-electron chi connectivity index (χ4n) is 0.280. The third kappa shape index (κ3) is 9.01. The normalized spacial score (nSPS) is 9.56. The minimum atomic E-state index is -1.01. The first-order valence-electron chi connectivity index (χ1n) is 4.00. The molecule has 16 heavy (non-hydrogen) atoms. The molecule has 0 unspecified atom stereocenters. The first kappa shape index (κ1) is 18.1.